The number of benzene rings is 2. The van der Waals surface area contributed by atoms with E-state index in [1.807, 2.05) is 11.2 Å². The topological polar surface area (TPSA) is 12.4 Å². The molecule has 17 heavy (non-hydrogen) atoms. The maximum absolute atomic E-state index is 4.23. The van der Waals surface area contributed by atoms with Gasteiger partial charge in [-0.3, -0.25) is 4.99 Å². The highest BCUT2D eigenvalue weighted by Crippen LogP contribution is 2.40. The zero-order valence-corrected chi connectivity index (χ0v) is 12.3. The van der Waals surface area contributed by atoms with E-state index in [2.05, 4.69) is 67.7 Å². The van der Waals surface area contributed by atoms with E-state index in [1.165, 1.54) is 15.7 Å². The molecule has 0 aliphatic heterocycles. The van der Waals surface area contributed by atoms with Crippen molar-refractivity contribution in [3.8, 4) is 0 Å². The summed E-state index contributed by atoms with van der Waals surface area (Å²) < 4.78 is 0. The van der Waals surface area contributed by atoms with Crippen LogP contribution in [0, 0.1) is 0 Å². The molecule has 88 valence electrons. The first-order valence-corrected chi connectivity index (χ1v) is 10.7. The van der Waals surface area contributed by atoms with Gasteiger partial charge in [0.25, 0.3) is 0 Å². The van der Waals surface area contributed by atoms with Gasteiger partial charge in [-0.15, -0.1) is 11.2 Å². The maximum Gasteiger partial charge on any atom is 0.114 e. The lowest BCUT2D eigenvalue weighted by atomic mass is 10.1. The number of aliphatic imine (C=N–C) groups is 1. The Hall–Kier alpha value is -1.06. The molecule has 0 aromatic heterocycles. The Morgan fingerprint density at radius 2 is 1.76 bits per heavy atom. The summed E-state index contributed by atoms with van der Waals surface area (Å²) in [5.74, 6) is 0. The first kappa shape index (κ1) is 12.4. The molecule has 0 amide bonds. The van der Waals surface area contributed by atoms with Crippen LogP contribution in [0.2, 0.25) is 19.6 Å². The summed E-state index contributed by atoms with van der Waals surface area (Å²) >= 11 is 1.97. The van der Waals surface area contributed by atoms with Crippen LogP contribution in [-0.4, -0.2) is 13.9 Å². The smallest absolute Gasteiger partial charge is 0.114 e. The molecule has 0 radical (unpaired) electrons. The molecule has 3 heteroatoms. The van der Waals surface area contributed by atoms with Crippen molar-refractivity contribution >= 4 is 41.6 Å². The molecule has 0 bridgehead atoms. The lowest BCUT2D eigenvalue weighted by Crippen LogP contribution is -2.13. The summed E-state index contributed by atoms with van der Waals surface area (Å²) in [6.45, 7) is 10.8. The number of rotatable bonds is 3. The Kier molecular flexibility index (Phi) is 3.40. The van der Waals surface area contributed by atoms with Crippen LogP contribution in [0.4, 0.5) is 5.69 Å². The maximum atomic E-state index is 4.23. The predicted molar refractivity (Wildman–Crippen MR) is 82.4 cm³/mol. The minimum atomic E-state index is -1.20. The second kappa shape index (κ2) is 4.67. The Labute approximate surface area is 108 Å². The van der Waals surface area contributed by atoms with Crippen molar-refractivity contribution in [1.82, 2.24) is 0 Å². The Morgan fingerprint density at radius 1 is 1.06 bits per heavy atom. The number of fused-ring (bicyclic) bond motifs is 1. The number of hydrogen-bond donors (Lipinski definition) is 0. The van der Waals surface area contributed by atoms with E-state index >= 15 is 0 Å². The molecule has 0 unspecified atom stereocenters. The van der Waals surface area contributed by atoms with Crippen LogP contribution < -0.4 is 0 Å². The fourth-order valence-corrected chi connectivity index (χ4v) is 5.35. The van der Waals surface area contributed by atoms with E-state index in [9.17, 15) is 0 Å². The van der Waals surface area contributed by atoms with Gasteiger partial charge in [-0.1, -0.05) is 50.0 Å². The molecule has 0 aliphatic rings. The van der Waals surface area contributed by atoms with E-state index in [0.29, 0.717) is 0 Å². The first-order chi connectivity index (χ1) is 8.01. The highest BCUT2D eigenvalue weighted by Gasteiger charge is 2.17. The predicted octanol–water partition coefficient (Wildman–Crippen LogP) is 5.10. The third-order valence-electron chi connectivity index (χ3n) is 2.44. The van der Waals surface area contributed by atoms with Crippen molar-refractivity contribution in [1.29, 1.82) is 0 Å². The normalized spacial score (nSPS) is 11.7. The van der Waals surface area contributed by atoms with Gasteiger partial charge >= 0.3 is 0 Å². The van der Waals surface area contributed by atoms with Gasteiger partial charge in [-0.05, 0) is 18.2 Å². The van der Waals surface area contributed by atoms with Gasteiger partial charge in [-0.2, -0.15) is 0 Å². The van der Waals surface area contributed by atoms with Gasteiger partial charge in [0.1, 0.15) is 7.22 Å². The molecule has 0 atom stereocenters. The average molecular weight is 259 g/mol. The van der Waals surface area contributed by atoms with Crippen LogP contribution >= 0.6 is 11.2 Å². The number of hydrogen-bond acceptors (Lipinski definition) is 2. The molecule has 2 aromatic rings. The molecule has 0 fully saturated rings. The van der Waals surface area contributed by atoms with Crippen LogP contribution in [0.1, 0.15) is 0 Å². The highest BCUT2D eigenvalue weighted by molar-refractivity contribution is 8.28. The molecule has 0 spiro atoms. The van der Waals surface area contributed by atoms with Gasteiger partial charge in [0.05, 0.1) is 5.69 Å². The average Bonchev–Trinajstić information content (AvgIpc) is 2.27. The fourth-order valence-electron chi connectivity index (χ4n) is 1.81. The van der Waals surface area contributed by atoms with Crippen LogP contribution in [0.5, 0.6) is 0 Å². The summed E-state index contributed by atoms with van der Waals surface area (Å²) in [5, 5.41) is 2.43. The van der Waals surface area contributed by atoms with Gasteiger partial charge in [0.2, 0.25) is 0 Å². The van der Waals surface area contributed by atoms with Crippen LogP contribution in [0.3, 0.4) is 0 Å². The highest BCUT2D eigenvalue weighted by atomic mass is 32.4. The molecule has 2 rings (SSSR count). The fraction of sp³-hybridized carbons (Fsp3) is 0.214. The molecule has 0 heterocycles. The van der Waals surface area contributed by atoms with Crippen LogP contribution in [0.15, 0.2) is 46.3 Å². The van der Waals surface area contributed by atoms with Gasteiger partial charge in [-0.25, -0.2) is 0 Å². The van der Waals surface area contributed by atoms with Crippen molar-refractivity contribution < 1.29 is 0 Å². The molecule has 1 nitrogen and oxygen atoms in total. The quantitative estimate of drug-likeness (QED) is 0.552. The minimum absolute atomic E-state index is 1.04. The standard InChI is InChI=1S/C14H17NSSi/c1-15-14-12-8-6-5-7-11(12)9-10-13(14)16-17(2,3)4/h5-10H,1H2,2-4H3. The molecule has 0 saturated carbocycles. The van der Waals surface area contributed by atoms with Crippen molar-refractivity contribution in [2.75, 3.05) is 0 Å². The minimum Gasteiger partial charge on any atom is -0.263 e. The number of nitrogens with zero attached hydrogens (tertiary/aromatic N) is 1. The molecular formula is C14H17NSSi. The summed E-state index contributed by atoms with van der Waals surface area (Å²) in [5.41, 5.74) is 1.04. The Morgan fingerprint density at radius 3 is 2.41 bits per heavy atom. The van der Waals surface area contributed by atoms with Crippen LogP contribution in [-0.2, 0) is 0 Å². The Bertz CT molecular complexity index is 558. The largest absolute Gasteiger partial charge is 0.263 e. The zero-order chi connectivity index (χ0) is 12.5. The van der Waals surface area contributed by atoms with Gasteiger partial charge in [0, 0.05) is 10.3 Å². The van der Waals surface area contributed by atoms with E-state index in [4.69, 9.17) is 0 Å². The van der Waals surface area contributed by atoms with E-state index < -0.39 is 7.22 Å². The second-order valence-corrected chi connectivity index (χ2v) is 14.2. The van der Waals surface area contributed by atoms with E-state index in [1.54, 1.807) is 0 Å². The zero-order valence-electron chi connectivity index (χ0n) is 10.5. The molecule has 2 aromatic carbocycles. The summed E-state index contributed by atoms with van der Waals surface area (Å²) in [6.07, 6.45) is 0. The lowest BCUT2D eigenvalue weighted by molar-refractivity contribution is 1.43. The molecular weight excluding hydrogens is 242 g/mol. The van der Waals surface area contributed by atoms with Crippen molar-refractivity contribution in [2.45, 2.75) is 24.5 Å². The lowest BCUT2D eigenvalue weighted by Gasteiger charge is -2.17. The third-order valence-corrected chi connectivity index (χ3v) is 6.10. The molecule has 0 aliphatic carbocycles. The van der Waals surface area contributed by atoms with Gasteiger partial charge < -0.3 is 0 Å². The van der Waals surface area contributed by atoms with Crippen LogP contribution in [0.25, 0.3) is 10.8 Å². The van der Waals surface area contributed by atoms with Crippen molar-refractivity contribution in [3.63, 3.8) is 0 Å². The monoisotopic (exact) mass is 259 g/mol. The first-order valence-electron chi connectivity index (χ1n) is 5.69. The Balaban J connectivity index is 2.61. The summed E-state index contributed by atoms with van der Waals surface area (Å²) in [6, 6.07) is 12.7. The second-order valence-electron chi connectivity index (χ2n) is 5.01. The van der Waals surface area contributed by atoms with E-state index in [0.717, 1.165) is 5.69 Å². The van der Waals surface area contributed by atoms with Gasteiger partial charge in [0.15, 0.2) is 0 Å². The molecule has 0 N–H and O–H groups in total. The van der Waals surface area contributed by atoms with Crippen molar-refractivity contribution in [2.24, 2.45) is 4.99 Å². The summed E-state index contributed by atoms with van der Waals surface area (Å²) in [7, 11) is -1.20. The van der Waals surface area contributed by atoms with Crippen molar-refractivity contribution in [3.05, 3.63) is 36.4 Å². The summed E-state index contributed by atoms with van der Waals surface area (Å²) in [4.78, 5) is 5.50. The molecule has 0 saturated heterocycles. The van der Waals surface area contributed by atoms with E-state index in [-0.39, 0.29) is 0 Å². The third kappa shape index (κ3) is 2.79. The SMILES string of the molecule is C=Nc1c(S[Si](C)(C)C)ccc2ccccc12.